The van der Waals surface area contributed by atoms with Crippen LogP contribution in [0.3, 0.4) is 0 Å². The molecule has 1 aliphatic carbocycles. The van der Waals surface area contributed by atoms with E-state index in [1.165, 1.54) is 63.5 Å². The third-order valence-electron chi connectivity index (χ3n) is 5.48. The Morgan fingerprint density at radius 1 is 0.844 bits per heavy atom. The van der Waals surface area contributed by atoms with Crippen LogP contribution in [-0.2, 0) is 14.4 Å². The van der Waals surface area contributed by atoms with Crippen molar-refractivity contribution >= 4 is 17.7 Å². The second-order valence-electron chi connectivity index (χ2n) is 8.95. The Balaban J connectivity index is 0.00000102. The van der Waals surface area contributed by atoms with Gasteiger partial charge in [0.2, 0.25) is 0 Å². The van der Waals surface area contributed by atoms with Gasteiger partial charge in [0, 0.05) is 24.2 Å². The maximum Gasteiger partial charge on any atom is 0.328 e. The first kappa shape index (κ1) is 30.1. The number of hydrogen-bond donors (Lipinski definition) is 2. The van der Waals surface area contributed by atoms with Crippen LogP contribution in [0.5, 0.6) is 0 Å². The zero-order valence-electron chi connectivity index (χ0n) is 20.9. The molecule has 0 spiro atoms. The Kier molecular flexibility index (Phi) is 17.6. The normalized spacial score (nSPS) is 17.3. The van der Waals surface area contributed by atoms with Crippen molar-refractivity contribution < 1.29 is 24.6 Å². The van der Waals surface area contributed by atoms with Gasteiger partial charge in [-0.25, -0.2) is 9.59 Å². The van der Waals surface area contributed by atoms with Gasteiger partial charge in [-0.1, -0.05) is 57.0 Å². The highest BCUT2D eigenvalue weighted by atomic mass is 16.6. The molecule has 1 atom stereocenters. The minimum Gasteiger partial charge on any atom is -0.478 e. The van der Waals surface area contributed by atoms with Gasteiger partial charge in [0.05, 0.1) is 5.71 Å². The van der Waals surface area contributed by atoms with Crippen molar-refractivity contribution in [2.75, 3.05) is 0 Å². The van der Waals surface area contributed by atoms with Gasteiger partial charge < -0.3 is 15.1 Å². The fourth-order valence-electron chi connectivity index (χ4n) is 3.99. The number of carbonyl (C=O) groups is 2. The minimum atomic E-state index is -1.26. The first-order valence-corrected chi connectivity index (χ1v) is 12.3. The summed E-state index contributed by atoms with van der Waals surface area (Å²) in [5.41, 5.74) is 1.29. The molecule has 1 fully saturated rings. The summed E-state index contributed by atoms with van der Waals surface area (Å²) in [6.07, 6.45) is 16.7. The monoisotopic (exact) mass is 454 g/mol. The van der Waals surface area contributed by atoms with E-state index in [0.717, 1.165) is 19.3 Å². The van der Waals surface area contributed by atoms with Gasteiger partial charge in [-0.3, -0.25) is 4.90 Å². The molecule has 186 valence electrons. The summed E-state index contributed by atoms with van der Waals surface area (Å²) < 4.78 is 0. The second kappa shape index (κ2) is 18.7. The highest BCUT2D eigenvalue weighted by molar-refractivity contribution is 5.89. The van der Waals surface area contributed by atoms with Crippen molar-refractivity contribution in [1.29, 1.82) is 0 Å². The van der Waals surface area contributed by atoms with Crippen LogP contribution in [0.2, 0.25) is 0 Å². The lowest BCUT2D eigenvalue weighted by molar-refractivity contribution is -0.134. The van der Waals surface area contributed by atoms with Crippen molar-refractivity contribution in [1.82, 2.24) is 4.90 Å². The number of oxime groups is 1. The standard InChI is InChI=1S/C21H42N2O.C4H4O4/c1-6-21(23(18(2)3)19(4)5)24-22-20-16-14-12-10-8-7-9-11-13-15-17-20;5-3(6)1-2-4(7)8/h18-19,21H,6-17H2,1-5H3;1-2H,(H,5,6)(H,7,8)/b;2-1+. The average molecular weight is 455 g/mol. The third-order valence-corrected chi connectivity index (χ3v) is 5.48. The minimum absolute atomic E-state index is 0.0962. The Hall–Kier alpha value is -1.89. The van der Waals surface area contributed by atoms with Gasteiger partial charge in [-0.2, -0.15) is 0 Å². The SMILES string of the molecule is CCC(ON=C1CCCCCCCCCCC1)N(C(C)C)C(C)C.O=C(O)/C=C/C(=O)O. The molecule has 2 N–H and O–H groups in total. The number of rotatable bonds is 8. The van der Waals surface area contributed by atoms with Gasteiger partial charge in [0.1, 0.15) is 0 Å². The largest absolute Gasteiger partial charge is 0.478 e. The molecule has 32 heavy (non-hydrogen) atoms. The summed E-state index contributed by atoms with van der Waals surface area (Å²) in [7, 11) is 0. The quantitative estimate of drug-likeness (QED) is 0.256. The second-order valence-corrected chi connectivity index (χ2v) is 8.95. The highest BCUT2D eigenvalue weighted by Crippen LogP contribution is 2.18. The zero-order chi connectivity index (χ0) is 24.4. The summed E-state index contributed by atoms with van der Waals surface area (Å²) in [6, 6.07) is 0.956. The Bertz CT molecular complexity index is 535. The molecule has 0 aromatic heterocycles. The Morgan fingerprint density at radius 3 is 1.53 bits per heavy atom. The van der Waals surface area contributed by atoms with Gasteiger partial charge in [0.15, 0.2) is 6.23 Å². The molecular weight excluding hydrogens is 408 g/mol. The van der Waals surface area contributed by atoms with Crippen molar-refractivity contribution in [3.8, 4) is 0 Å². The molecule has 0 aromatic carbocycles. The van der Waals surface area contributed by atoms with Crippen molar-refractivity contribution in [2.24, 2.45) is 5.16 Å². The van der Waals surface area contributed by atoms with E-state index in [4.69, 9.17) is 15.1 Å². The van der Waals surface area contributed by atoms with Crippen molar-refractivity contribution in [3.05, 3.63) is 12.2 Å². The van der Waals surface area contributed by atoms with Crippen LogP contribution >= 0.6 is 0 Å². The molecule has 0 saturated heterocycles. The first-order chi connectivity index (χ1) is 15.2. The predicted octanol–water partition coefficient (Wildman–Crippen LogP) is 6.23. The lowest BCUT2D eigenvalue weighted by Crippen LogP contribution is -2.45. The van der Waals surface area contributed by atoms with Gasteiger partial charge in [0.25, 0.3) is 0 Å². The number of aliphatic carboxylic acids is 2. The molecule has 0 heterocycles. The van der Waals surface area contributed by atoms with E-state index in [2.05, 4.69) is 44.7 Å². The van der Waals surface area contributed by atoms with E-state index in [1.54, 1.807) is 0 Å². The molecule has 1 aliphatic rings. The molecule has 1 rings (SSSR count). The number of carboxylic acid groups (broad SMARTS) is 2. The lowest BCUT2D eigenvalue weighted by atomic mass is 10.00. The average Bonchev–Trinajstić information content (AvgIpc) is 2.70. The third kappa shape index (κ3) is 15.8. The van der Waals surface area contributed by atoms with Crippen LogP contribution in [0.4, 0.5) is 0 Å². The van der Waals surface area contributed by atoms with Crippen LogP contribution in [-0.4, -0.2) is 51.1 Å². The van der Waals surface area contributed by atoms with Crippen LogP contribution in [0.1, 0.15) is 112 Å². The van der Waals surface area contributed by atoms with Crippen LogP contribution < -0.4 is 0 Å². The lowest BCUT2D eigenvalue weighted by Gasteiger charge is -2.35. The zero-order valence-corrected chi connectivity index (χ0v) is 20.9. The van der Waals surface area contributed by atoms with Crippen molar-refractivity contribution in [2.45, 2.75) is 130 Å². The number of carboxylic acids is 2. The summed E-state index contributed by atoms with van der Waals surface area (Å²) in [4.78, 5) is 27.6. The van der Waals surface area contributed by atoms with E-state index in [1.807, 2.05) is 0 Å². The molecule has 7 nitrogen and oxygen atoms in total. The predicted molar refractivity (Wildman–Crippen MR) is 130 cm³/mol. The van der Waals surface area contributed by atoms with Gasteiger partial charge >= 0.3 is 11.9 Å². The van der Waals surface area contributed by atoms with E-state index in [0.29, 0.717) is 24.2 Å². The summed E-state index contributed by atoms with van der Waals surface area (Å²) in [5.74, 6) is -2.51. The topological polar surface area (TPSA) is 99.4 Å². The van der Waals surface area contributed by atoms with Gasteiger partial charge in [-0.15, -0.1) is 0 Å². The highest BCUT2D eigenvalue weighted by Gasteiger charge is 2.24. The van der Waals surface area contributed by atoms with E-state index >= 15 is 0 Å². The van der Waals surface area contributed by atoms with Crippen LogP contribution in [0.15, 0.2) is 17.3 Å². The Labute approximate surface area is 194 Å². The van der Waals surface area contributed by atoms with Gasteiger partial charge in [-0.05, 0) is 59.8 Å². The molecule has 0 aromatic rings. The Morgan fingerprint density at radius 2 is 1.22 bits per heavy atom. The summed E-state index contributed by atoms with van der Waals surface area (Å²) >= 11 is 0. The number of hydrogen-bond acceptors (Lipinski definition) is 5. The maximum absolute atomic E-state index is 9.55. The van der Waals surface area contributed by atoms with E-state index < -0.39 is 11.9 Å². The smallest absolute Gasteiger partial charge is 0.328 e. The fourth-order valence-corrected chi connectivity index (χ4v) is 3.99. The maximum atomic E-state index is 9.55. The molecular formula is C25H46N2O5. The molecule has 0 amide bonds. The van der Waals surface area contributed by atoms with Crippen LogP contribution in [0, 0.1) is 0 Å². The first-order valence-electron chi connectivity index (χ1n) is 12.3. The summed E-state index contributed by atoms with van der Waals surface area (Å²) in [6.45, 7) is 11.2. The molecule has 1 saturated carbocycles. The van der Waals surface area contributed by atoms with Crippen LogP contribution in [0.25, 0.3) is 0 Å². The van der Waals surface area contributed by atoms with Crippen molar-refractivity contribution in [3.63, 3.8) is 0 Å². The van der Waals surface area contributed by atoms with E-state index in [9.17, 15) is 9.59 Å². The molecule has 0 aliphatic heterocycles. The fraction of sp³-hybridized carbons (Fsp3) is 0.800. The molecule has 7 heteroatoms. The summed E-state index contributed by atoms with van der Waals surface area (Å²) in [5, 5.41) is 20.3. The van der Waals surface area contributed by atoms with E-state index in [-0.39, 0.29) is 6.23 Å². The number of nitrogens with zero attached hydrogens (tertiary/aromatic N) is 2. The molecule has 0 radical (unpaired) electrons. The molecule has 0 bridgehead atoms. The molecule has 1 unspecified atom stereocenters.